The molecule has 114 valence electrons. The molecule has 21 heavy (non-hydrogen) atoms. The first-order chi connectivity index (χ1) is 10.1. The highest BCUT2D eigenvalue weighted by atomic mass is 16.5. The molecule has 1 fully saturated rings. The van der Waals surface area contributed by atoms with Crippen molar-refractivity contribution < 1.29 is 14.3 Å². The summed E-state index contributed by atoms with van der Waals surface area (Å²) in [6.07, 6.45) is 2.70. The molecule has 4 N–H and O–H groups in total. The monoisotopic (exact) mass is 291 g/mol. The summed E-state index contributed by atoms with van der Waals surface area (Å²) in [5.41, 5.74) is 6.25. The van der Waals surface area contributed by atoms with E-state index >= 15 is 0 Å². The van der Waals surface area contributed by atoms with Gasteiger partial charge in [0.2, 0.25) is 11.8 Å². The Morgan fingerprint density at radius 2 is 2.05 bits per heavy atom. The Hall–Kier alpha value is -2.24. The molecule has 2 rings (SSSR count). The summed E-state index contributed by atoms with van der Waals surface area (Å²) in [7, 11) is 0. The van der Waals surface area contributed by atoms with Crippen LogP contribution in [0.15, 0.2) is 24.3 Å². The minimum absolute atomic E-state index is 0.00573. The first-order valence-electron chi connectivity index (χ1n) is 7.18. The number of hydrogen-bond acceptors (Lipinski definition) is 4. The fraction of sp³-hybridized carbons (Fsp3) is 0.467. The van der Waals surface area contributed by atoms with Crippen LogP contribution in [0.25, 0.3) is 0 Å². The van der Waals surface area contributed by atoms with Crippen LogP contribution < -0.4 is 21.1 Å². The zero-order valence-electron chi connectivity index (χ0n) is 11.9. The van der Waals surface area contributed by atoms with Crippen molar-refractivity contribution in [2.75, 3.05) is 18.9 Å². The van der Waals surface area contributed by atoms with Gasteiger partial charge in [0.15, 0.2) is 0 Å². The fourth-order valence-corrected chi connectivity index (χ4v) is 1.80. The predicted octanol–water partition coefficient (Wildman–Crippen LogP) is 0.823. The van der Waals surface area contributed by atoms with Crippen molar-refractivity contribution in [1.82, 2.24) is 10.6 Å². The smallest absolute Gasteiger partial charge is 0.223 e. The summed E-state index contributed by atoms with van der Waals surface area (Å²) in [5, 5.41) is 5.57. The van der Waals surface area contributed by atoms with Gasteiger partial charge in [0.25, 0.3) is 0 Å². The molecule has 0 unspecified atom stereocenters. The molecule has 0 aromatic heterocycles. The fourth-order valence-electron chi connectivity index (χ4n) is 1.80. The number of carbonyl (C=O) groups excluding carboxylic acids is 2. The van der Waals surface area contributed by atoms with Gasteiger partial charge in [-0.25, -0.2) is 0 Å². The van der Waals surface area contributed by atoms with Gasteiger partial charge in [-0.2, -0.15) is 0 Å². The molecule has 0 radical (unpaired) electrons. The van der Waals surface area contributed by atoms with Gasteiger partial charge in [0.05, 0.1) is 13.0 Å². The number of hydrogen-bond donors (Lipinski definition) is 3. The molecular formula is C15H21N3O3. The molecule has 1 aliphatic rings. The minimum Gasteiger partial charge on any atom is -0.493 e. The summed E-state index contributed by atoms with van der Waals surface area (Å²) < 4.78 is 5.43. The highest BCUT2D eigenvalue weighted by molar-refractivity contribution is 5.79. The molecule has 1 aromatic carbocycles. The van der Waals surface area contributed by atoms with Gasteiger partial charge in [0.1, 0.15) is 5.75 Å². The van der Waals surface area contributed by atoms with Crippen LogP contribution in [0.2, 0.25) is 0 Å². The lowest BCUT2D eigenvalue weighted by molar-refractivity contribution is -0.122. The number of amides is 2. The van der Waals surface area contributed by atoms with Gasteiger partial charge < -0.3 is 21.1 Å². The molecule has 1 saturated carbocycles. The van der Waals surface area contributed by atoms with Crippen molar-refractivity contribution in [2.24, 2.45) is 0 Å². The van der Waals surface area contributed by atoms with Gasteiger partial charge in [-0.3, -0.25) is 9.59 Å². The van der Waals surface area contributed by atoms with Crippen molar-refractivity contribution in [3.63, 3.8) is 0 Å². The van der Waals surface area contributed by atoms with Crippen molar-refractivity contribution in [2.45, 2.75) is 31.7 Å². The largest absolute Gasteiger partial charge is 0.493 e. The zero-order valence-corrected chi connectivity index (χ0v) is 11.9. The van der Waals surface area contributed by atoms with Crippen molar-refractivity contribution in [1.29, 1.82) is 0 Å². The molecule has 6 nitrogen and oxygen atoms in total. The number of rotatable bonds is 8. The lowest BCUT2D eigenvalue weighted by Gasteiger charge is -2.08. The molecule has 0 aliphatic heterocycles. The van der Waals surface area contributed by atoms with Crippen molar-refractivity contribution in [3.05, 3.63) is 24.3 Å². The summed E-state index contributed by atoms with van der Waals surface area (Å²) >= 11 is 0. The van der Waals surface area contributed by atoms with Crippen LogP contribution in [-0.2, 0) is 9.59 Å². The third kappa shape index (κ3) is 6.16. The lowest BCUT2D eigenvalue weighted by atomic mass is 10.3. The Labute approximate surface area is 124 Å². The molecule has 1 aliphatic carbocycles. The van der Waals surface area contributed by atoms with Gasteiger partial charge >= 0.3 is 0 Å². The maximum absolute atomic E-state index is 11.6. The highest BCUT2D eigenvalue weighted by Crippen LogP contribution is 2.18. The summed E-state index contributed by atoms with van der Waals surface area (Å²) in [5.74, 6) is 0.513. The maximum Gasteiger partial charge on any atom is 0.223 e. The molecule has 0 heterocycles. The number of carbonyl (C=O) groups is 2. The Morgan fingerprint density at radius 3 is 2.76 bits per heavy atom. The first-order valence-corrected chi connectivity index (χ1v) is 7.18. The van der Waals surface area contributed by atoms with Crippen molar-refractivity contribution >= 4 is 17.5 Å². The highest BCUT2D eigenvalue weighted by Gasteiger charge is 2.22. The van der Waals surface area contributed by atoms with E-state index in [2.05, 4.69) is 10.6 Å². The van der Waals surface area contributed by atoms with Crippen molar-refractivity contribution in [3.8, 4) is 5.75 Å². The van der Waals surface area contributed by atoms with Crippen LogP contribution in [0.4, 0.5) is 5.69 Å². The van der Waals surface area contributed by atoms with Gasteiger partial charge in [-0.05, 0) is 25.0 Å². The Kier molecular flexibility index (Phi) is 5.43. The normalized spacial score (nSPS) is 13.5. The van der Waals surface area contributed by atoms with Gasteiger partial charge in [0, 0.05) is 30.8 Å². The van der Waals surface area contributed by atoms with Crippen LogP contribution in [-0.4, -0.2) is 31.0 Å². The Balaban J connectivity index is 1.53. The van der Waals surface area contributed by atoms with E-state index < -0.39 is 0 Å². The number of anilines is 1. The van der Waals surface area contributed by atoms with Gasteiger partial charge in [-0.15, -0.1) is 0 Å². The molecule has 6 heteroatoms. The van der Waals surface area contributed by atoms with Crippen LogP contribution in [0.3, 0.4) is 0 Å². The third-order valence-electron chi connectivity index (χ3n) is 3.07. The number of nitrogen functional groups attached to an aromatic ring is 1. The summed E-state index contributed by atoms with van der Waals surface area (Å²) in [6, 6.07) is 7.42. The molecule has 0 bridgehead atoms. The van der Waals surface area contributed by atoms with E-state index in [1.54, 1.807) is 24.3 Å². The van der Waals surface area contributed by atoms with E-state index in [0.717, 1.165) is 12.8 Å². The topological polar surface area (TPSA) is 93.4 Å². The second kappa shape index (κ2) is 7.52. The average Bonchev–Trinajstić information content (AvgIpc) is 3.22. The number of benzene rings is 1. The molecule has 0 atom stereocenters. The number of nitrogens with one attached hydrogen (secondary N) is 2. The second-order valence-corrected chi connectivity index (χ2v) is 5.11. The predicted molar refractivity (Wildman–Crippen MR) is 79.8 cm³/mol. The molecule has 2 amide bonds. The van der Waals surface area contributed by atoms with Crippen LogP contribution >= 0.6 is 0 Å². The lowest BCUT2D eigenvalue weighted by Crippen LogP contribution is -2.32. The number of ether oxygens (including phenoxy) is 1. The Bertz CT molecular complexity index is 501. The maximum atomic E-state index is 11.6. The average molecular weight is 291 g/mol. The van der Waals surface area contributed by atoms with E-state index in [1.165, 1.54) is 0 Å². The van der Waals surface area contributed by atoms with Crippen LogP contribution in [0.5, 0.6) is 5.75 Å². The Morgan fingerprint density at radius 1 is 1.24 bits per heavy atom. The molecule has 0 saturated heterocycles. The second-order valence-electron chi connectivity index (χ2n) is 5.11. The summed E-state index contributed by atoms with van der Waals surface area (Å²) in [4.78, 5) is 23.0. The zero-order chi connectivity index (χ0) is 15.1. The molecular weight excluding hydrogens is 270 g/mol. The molecule has 1 aromatic rings. The van der Waals surface area contributed by atoms with E-state index in [0.29, 0.717) is 30.4 Å². The van der Waals surface area contributed by atoms with Crippen LogP contribution in [0.1, 0.15) is 25.7 Å². The number of nitrogens with two attached hydrogens (primary N) is 1. The molecule has 0 spiro atoms. The van der Waals surface area contributed by atoms with E-state index in [4.69, 9.17) is 10.5 Å². The standard InChI is InChI=1S/C15H21N3O3/c16-11-2-1-3-13(10-11)21-9-7-14(19)17-8-6-15(20)18-12-4-5-12/h1-3,10,12H,4-9,16H2,(H,17,19)(H,18,20). The third-order valence-corrected chi connectivity index (χ3v) is 3.07. The summed E-state index contributed by atoms with van der Waals surface area (Å²) in [6.45, 7) is 0.638. The quantitative estimate of drug-likeness (QED) is 0.618. The van der Waals surface area contributed by atoms with Gasteiger partial charge in [-0.1, -0.05) is 6.07 Å². The minimum atomic E-state index is -0.127. The first kappa shape index (κ1) is 15.2. The SMILES string of the molecule is Nc1cccc(OCCC(=O)NCCC(=O)NC2CC2)c1. The van der Waals surface area contributed by atoms with E-state index in [1.807, 2.05) is 0 Å². The van der Waals surface area contributed by atoms with E-state index in [9.17, 15) is 9.59 Å². The van der Waals surface area contributed by atoms with E-state index in [-0.39, 0.29) is 24.8 Å². The van der Waals surface area contributed by atoms with Crippen LogP contribution in [0, 0.1) is 0 Å².